The molecule has 0 radical (unpaired) electrons. The highest BCUT2D eigenvalue weighted by Crippen LogP contribution is 2.36. The summed E-state index contributed by atoms with van der Waals surface area (Å²) in [7, 11) is 0. The SMILES string of the molecule is CCOc1ccc(N2C(=O)C(Nc3cc(C)ccc3C)=C(c3ccc(C)cc3C)C2=O)cc1. The Hall–Kier alpha value is -3.86. The van der Waals surface area contributed by atoms with E-state index in [9.17, 15) is 9.59 Å². The van der Waals surface area contributed by atoms with Gasteiger partial charge in [-0.25, -0.2) is 4.90 Å². The van der Waals surface area contributed by atoms with E-state index in [1.54, 1.807) is 24.3 Å². The standard InChI is InChI=1S/C28H28N2O3/c1-6-33-22-12-10-21(11-13-22)30-27(31)25(23-14-8-17(2)15-20(23)5)26(28(30)32)29-24-16-18(3)7-9-19(24)4/h7-16,29H,6H2,1-5H3. The predicted octanol–water partition coefficient (Wildman–Crippen LogP) is 5.72. The Morgan fingerprint density at radius 2 is 1.45 bits per heavy atom. The highest BCUT2D eigenvalue weighted by Gasteiger charge is 2.40. The molecule has 1 aliphatic heterocycles. The number of carbonyl (C=O) groups is 2. The summed E-state index contributed by atoms with van der Waals surface area (Å²) in [5.41, 5.74) is 6.84. The molecule has 0 aromatic heterocycles. The first-order chi connectivity index (χ1) is 15.8. The van der Waals surface area contributed by atoms with Crippen LogP contribution in [0.15, 0.2) is 66.4 Å². The van der Waals surface area contributed by atoms with Gasteiger partial charge in [-0.1, -0.05) is 35.9 Å². The molecule has 0 bridgehead atoms. The number of hydrogen-bond acceptors (Lipinski definition) is 4. The molecule has 0 fully saturated rings. The number of imide groups is 1. The molecule has 33 heavy (non-hydrogen) atoms. The van der Waals surface area contributed by atoms with E-state index >= 15 is 0 Å². The van der Waals surface area contributed by atoms with Crippen molar-refractivity contribution >= 4 is 28.8 Å². The maximum atomic E-state index is 13.7. The van der Waals surface area contributed by atoms with Crippen LogP contribution < -0.4 is 15.0 Å². The number of nitrogens with one attached hydrogen (secondary N) is 1. The van der Waals surface area contributed by atoms with Crippen molar-refractivity contribution in [3.8, 4) is 5.75 Å². The minimum absolute atomic E-state index is 0.287. The van der Waals surface area contributed by atoms with Gasteiger partial charge < -0.3 is 10.1 Å². The maximum Gasteiger partial charge on any atom is 0.282 e. The van der Waals surface area contributed by atoms with Crippen LogP contribution in [0.25, 0.3) is 5.57 Å². The highest BCUT2D eigenvalue weighted by atomic mass is 16.5. The fourth-order valence-corrected chi connectivity index (χ4v) is 4.09. The van der Waals surface area contributed by atoms with E-state index in [2.05, 4.69) is 5.32 Å². The first kappa shape index (κ1) is 22.3. The van der Waals surface area contributed by atoms with Crippen LogP contribution in [0.5, 0.6) is 5.75 Å². The highest BCUT2D eigenvalue weighted by molar-refractivity contribution is 6.46. The first-order valence-corrected chi connectivity index (χ1v) is 11.1. The normalized spacial score (nSPS) is 13.7. The van der Waals surface area contributed by atoms with Gasteiger partial charge in [0.25, 0.3) is 11.8 Å². The zero-order valence-corrected chi connectivity index (χ0v) is 19.7. The third-order valence-corrected chi connectivity index (χ3v) is 5.79. The van der Waals surface area contributed by atoms with Crippen LogP contribution in [0.1, 0.15) is 34.7 Å². The third-order valence-electron chi connectivity index (χ3n) is 5.79. The van der Waals surface area contributed by atoms with Crippen LogP contribution in [0, 0.1) is 27.7 Å². The number of amides is 2. The zero-order valence-electron chi connectivity index (χ0n) is 19.7. The molecule has 0 spiro atoms. The fraction of sp³-hybridized carbons (Fsp3) is 0.214. The second kappa shape index (κ2) is 8.94. The molecule has 0 saturated carbocycles. The monoisotopic (exact) mass is 440 g/mol. The number of carbonyl (C=O) groups excluding carboxylic acids is 2. The Balaban J connectivity index is 1.83. The molecule has 1 aliphatic rings. The Kier molecular flexibility index (Phi) is 6.05. The van der Waals surface area contributed by atoms with Crippen LogP contribution in [-0.2, 0) is 9.59 Å². The fourth-order valence-electron chi connectivity index (χ4n) is 4.09. The molecule has 1 heterocycles. The van der Waals surface area contributed by atoms with Crippen LogP contribution in [-0.4, -0.2) is 18.4 Å². The minimum Gasteiger partial charge on any atom is -0.494 e. The van der Waals surface area contributed by atoms with Crippen molar-refractivity contribution in [1.29, 1.82) is 0 Å². The summed E-state index contributed by atoms with van der Waals surface area (Å²) in [6.45, 7) is 10.4. The van der Waals surface area contributed by atoms with Gasteiger partial charge in [-0.2, -0.15) is 0 Å². The summed E-state index contributed by atoms with van der Waals surface area (Å²) >= 11 is 0. The molecule has 2 amide bonds. The minimum atomic E-state index is -0.375. The summed E-state index contributed by atoms with van der Waals surface area (Å²) in [6, 6.07) is 18.9. The number of rotatable bonds is 6. The Morgan fingerprint density at radius 1 is 0.788 bits per heavy atom. The van der Waals surface area contributed by atoms with Crippen LogP contribution in [0.3, 0.4) is 0 Å². The van der Waals surface area contributed by atoms with Gasteiger partial charge in [0.15, 0.2) is 0 Å². The van der Waals surface area contributed by atoms with Crippen molar-refractivity contribution in [2.45, 2.75) is 34.6 Å². The Bertz CT molecular complexity index is 1270. The number of aryl methyl sites for hydroxylation is 4. The number of benzene rings is 3. The number of anilines is 2. The Morgan fingerprint density at radius 3 is 2.12 bits per heavy atom. The van der Waals surface area contributed by atoms with Crippen LogP contribution in [0.4, 0.5) is 11.4 Å². The molecular formula is C28H28N2O3. The zero-order chi connectivity index (χ0) is 23.7. The molecular weight excluding hydrogens is 412 g/mol. The summed E-state index contributed by atoms with van der Waals surface area (Å²) in [5.74, 6) is -0.0272. The summed E-state index contributed by atoms with van der Waals surface area (Å²) in [6.07, 6.45) is 0. The van der Waals surface area contributed by atoms with E-state index in [-0.39, 0.29) is 17.5 Å². The second-order valence-corrected chi connectivity index (χ2v) is 8.38. The predicted molar refractivity (Wildman–Crippen MR) is 132 cm³/mol. The number of ether oxygens (including phenoxy) is 1. The average molecular weight is 441 g/mol. The first-order valence-electron chi connectivity index (χ1n) is 11.1. The second-order valence-electron chi connectivity index (χ2n) is 8.38. The van der Waals surface area contributed by atoms with Gasteiger partial charge in [-0.15, -0.1) is 0 Å². The molecule has 0 atom stereocenters. The molecule has 3 aromatic carbocycles. The molecule has 0 saturated heterocycles. The summed E-state index contributed by atoms with van der Waals surface area (Å²) < 4.78 is 5.51. The van der Waals surface area contributed by atoms with E-state index < -0.39 is 0 Å². The smallest absolute Gasteiger partial charge is 0.282 e. The lowest BCUT2D eigenvalue weighted by Crippen LogP contribution is -2.32. The lowest BCUT2D eigenvalue weighted by atomic mass is 9.97. The van der Waals surface area contributed by atoms with Crippen molar-refractivity contribution in [2.24, 2.45) is 0 Å². The topological polar surface area (TPSA) is 58.6 Å². The maximum absolute atomic E-state index is 13.7. The molecule has 168 valence electrons. The van der Waals surface area contributed by atoms with E-state index in [0.29, 0.717) is 23.6 Å². The number of nitrogens with zero attached hydrogens (tertiary/aromatic N) is 1. The molecule has 4 rings (SSSR count). The number of hydrogen-bond donors (Lipinski definition) is 1. The largest absolute Gasteiger partial charge is 0.494 e. The summed E-state index contributed by atoms with van der Waals surface area (Å²) in [4.78, 5) is 28.6. The third kappa shape index (κ3) is 4.27. The van der Waals surface area contributed by atoms with Crippen LogP contribution in [0.2, 0.25) is 0 Å². The lowest BCUT2D eigenvalue weighted by molar-refractivity contribution is -0.120. The molecule has 1 N–H and O–H groups in total. The van der Waals surface area contributed by atoms with Crippen molar-refractivity contribution in [1.82, 2.24) is 0 Å². The average Bonchev–Trinajstić information content (AvgIpc) is 3.01. The molecule has 5 heteroatoms. The molecule has 0 aliphatic carbocycles. The van der Waals surface area contributed by atoms with Crippen molar-refractivity contribution in [2.75, 3.05) is 16.8 Å². The van der Waals surface area contributed by atoms with Gasteiger partial charge in [0.1, 0.15) is 11.4 Å². The van der Waals surface area contributed by atoms with E-state index in [4.69, 9.17) is 4.74 Å². The van der Waals surface area contributed by atoms with Crippen molar-refractivity contribution in [3.05, 3.63) is 94.2 Å². The van der Waals surface area contributed by atoms with Gasteiger partial charge in [-0.05, 0) is 87.2 Å². The van der Waals surface area contributed by atoms with E-state index in [1.165, 1.54) is 4.90 Å². The van der Waals surface area contributed by atoms with Crippen molar-refractivity contribution in [3.63, 3.8) is 0 Å². The quantitative estimate of drug-likeness (QED) is 0.499. The van der Waals surface area contributed by atoms with Gasteiger partial charge in [-0.3, -0.25) is 9.59 Å². The van der Waals surface area contributed by atoms with Gasteiger partial charge >= 0.3 is 0 Å². The van der Waals surface area contributed by atoms with Gasteiger partial charge in [0.05, 0.1) is 17.9 Å². The van der Waals surface area contributed by atoms with Crippen LogP contribution >= 0.6 is 0 Å². The summed E-state index contributed by atoms with van der Waals surface area (Å²) in [5, 5.41) is 3.29. The van der Waals surface area contributed by atoms with Gasteiger partial charge in [0, 0.05) is 5.69 Å². The van der Waals surface area contributed by atoms with Crippen molar-refractivity contribution < 1.29 is 14.3 Å². The molecule has 3 aromatic rings. The van der Waals surface area contributed by atoms with E-state index in [1.807, 2.05) is 71.0 Å². The lowest BCUT2D eigenvalue weighted by Gasteiger charge is -2.16. The Labute approximate surface area is 194 Å². The molecule has 5 nitrogen and oxygen atoms in total. The van der Waals surface area contributed by atoms with E-state index in [0.717, 1.165) is 33.5 Å². The molecule has 0 unspecified atom stereocenters. The van der Waals surface area contributed by atoms with Gasteiger partial charge in [0.2, 0.25) is 0 Å².